The summed E-state index contributed by atoms with van der Waals surface area (Å²) < 4.78 is 51.2. The molecule has 4 aromatic carbocycles. The summed E-state index contributed by atoms with van der Waals surface area (Å²) >= 11 is 0. The van der Waals surface area contributed by atoms with E-state index >= 15 is 0 Å². The summed E-state index contributed by atoms with van der Waals surface area (Å²) in [6.45, 7) is 0.0727. The van der Waals surface area contributed by atoms with E-state index in [1.54, 1.807) is 54.6 Å². The molecular formula is C31H22F3NO5. The lowest BCUT2D eigenvalue weighted by Crippen LogP contribution is -2.23. The normalized spacial score (nSPS) is 12.3. The molecule has 0 saturated heterocycles. The predicted octanol–water partition coefficient (Wildman–Crippen LogP) is 6.38. The number of aromatic hydroxyl groups is 1. The lowest BCUT2D eigenvalue weighted by atomic mass is 9.89. The largest absolute Gasteiger partial charge is 0.508 e. The molecule has 0 bridgehead atoms. The van der Waals surface area contributed by atoms with Crippen molar-refractivity contribution in [2.75, 3.05) is 0 Å². The number of carbonyl (C=O) groups excluding carboxylic acids is 1. The smallest absolute Gasteiger partial charge is 0.416 e. The molecule has 0 fully saturated rings. The number of rotatable bonds is 7. The van der Waals surface area contributed by atoms with E-state index in [0.717, 1.165) is 12.1 Å². The number of hydrogen-bond acceptors (Lipinski definition) is 5. The van der Waals surface area contributed by atoms with Gasteiger partial charge in [0.1, 0.15) is 30.0 Å². The maximum atomic E-state index is 13.2. The number of carbonyl (C=O) groups is 1. The average molecular weight is 546 g/mol. The van der Waals surface area contributed by atoms with Gasteiger partial charge in [-0.05, 0) is 52.6 Å². The molecule has 1 atom stereocenters. The second kappa shape index (κ2) is 10.6. The van der Waals surface area contributed by atoms with E-state index in [0.29, 0.717) is 39.0 Å². The zero-order chi connectivity index (χ0) is 28.4. The van der Waals surface area contributed by atoms with Gasteiger partial charge in [0.25, 0.3) is 0 Å². The van der Waals surface area contributed by atoms with E-state index in [1.165, 1.54) is 30.5 Å². The van der Waals surface area contributed by atoms with Crippen LogP contribution in [0.3, 0.4) is 0 Å². The van der Waals surface area contributed by atoms with E-state index in [4.69, 9.17) is 14.9 Å². The Bertz CT molecular complexity index is 1760. The monoisotopic (exact) mass is 545 g/mol. The van der Waals surface area contributed by atoms with Crippen molar-refractivity contribution in [3.63, 3.8) is 0 Å². The number of amides is 1. The van der Waals surface area contributed by atoms with Crippen LogP contribution in [-0.4, -0.2) is 11.0 Å². The van der Waals surface area contributed by atoms with E-state index in [1.807, 2.05) is 0 Å². The molecule has 202 valence electrons. The van der Waals surface area contributed by atoms with Gasteiger partial charge in [-0.25, -0.2) is 0 Å². The fourth-order valence-electron chi connectivity index (χ4n) is 4.48. The topological polar surface area (TPSA) is 103 Å². The van der Waals surface area contributed by atoms with Crippen molar-refractivity contribution in [3.05, 3.63) is 130 Å². The molecular weight excluding hydrogens is 523 g/mol. The Balaban J connectivity index is 1.37. The molecule has 0 aliphatic carbocycles. The molecule has 0 aliphatic heterocycles. The summed E-state index contributed by atoms with van der Waals surface area (Å²) in [5.74, 6) is -1.36. The van der Waals surface area contributed by atoms with Crippen LogP contribution in [0.15, 0.2) is 106 Å². The predicted molar refractivity (Wildman–Crippen MR) is 143 cm³/mol. The van der Waals surface area contributed by atoms with Gasteiger partial charge in [0.05, 0.1) is 22.4 Å². The number of fused-ring (bicyclic) bond motifs is 1. The van der Waals surface area contributed by atoms with Gasteiger partial charge in [0, 0.05) is 6.07 Å². The van der Waals surface area contributed by atoms with E-state index in [-0.39, 0.29) is 23.3 Å². The van der Waals surface area contributed by atoms with E-state index in [2.05, 4.69) is 0 Å². The third kappa shape index (κ3) is 5.54. The number of hydrogen-bond donors (Lipinski definition) is 2. The summed E-state index contributed by atoms with van der Waals surface area (Å²) in [7, 11) is 0. The minimum absolute atomic E-state index is 0.0727. The Morgan fingerprint density at radius 3 is 2.33 bits per heavy atom. The summed E-state index contributed by atoms with van der Waals surface area (Å²) in [4.78, 5) is 25.3. The number of phenols is 1. The fraction of sp³-hybridized carbons (Fsp3) is 0.0968. The molecule has 9 heteroatoms. The van der Waals surface area contributed by atoms with Crippen molar-refractivity contribution in [2.45, 2.75) is 18.7 Å². The Hall–Kier alpha value is -5.05. The van der Waals surface area contributed by atoms with Gasteiger partial charge in [0.15, 0.2) is 5.43 Å². The zero-order valence-electron chi connectivity index (χ0n) is 20.8. The molecule has 1 unspecified atom stereocenters. The van der Waals surface area contributed by atoms with Crippen molar-refractivity contribution in [1.82, 2.24) is 0 Å². The average Bonchev–Trinajstić information content (AvgIpc) is 2.93. The van der Waals surface area contributed by atoms with E-state index in [9.17, 15) is 27.9 Å². The van der Waals surface area contributed by atoms with Crippen molar-refractivity contribution in [1.29, 1.82) is 0 Å². The van der Waals surface area contributed by atoms with Crippen LogP contribution in [0.5, 0.6) is 11.5 Å². The van der Waals surface area contributed by atoms with Crippen molar-refractivity contribution in [3.8, 4) is 22.6 Å². The first kappa shape index (κ1) is 26.6. The Morgan fingerprint density at radius 1 is 0.925 bits per heavy atom. The minimum Gasteiger partial charge on any atom is -0.508 e. The fourth-order valence-corrected chi connectivity index (χ4v) is 4.48. The highest BCUT2D eigenvalue weighted by Gasteiger charge is 2.32. The molecule has 1 amide bonds. The molecule has 3 N–H and O–H groups in total. The quantitative estimate of drug-likeness (QED) is 0.247. The van der Waals surface area contributed by atoms with Crippen LogP contribution in [0, 0.1) is 0 Å². The standard InChI is InChI=1S/C31H22F3NO5/c32-31(33,34)22-6-2-5-21(14-22)28(30(35)38)20-4-1-3-18(13-20)16-39-24-11-12-25-27(15-24)40-17-26(29(25)37)19-7-9-23(36)10-8-19/h1-15,17,28,36H,16H2,(H2,35,38). The minimum atomic E-state index is -4.56. The van der Waals surface area contributed by atoms with Gasteiger partial charge >= 0.3 is 6.18 Å². The maximum absolute atomic E-state index is 13.2. The number of ether oxygens (including phenoxy) is 1. The number of halogens is 3. The molecule has 0 radical (unpaired) electrons. The third-order valence-corrected chi connectivity index (χ3v) is 6.45. The molecule has 0 saturated carbocycles. The highest BCUT2D eigenvalue weighted by molar-refractivity contribution is 5.86. The SMILES string of the molecule is NC(=O)C(c1cccc(COc2ccc3c(=O)c(-c4ccc(O)cc4)coc3c2)c1)c1cccc(C(F)(F)F)c1. The van der Waals surface area contributed by atoms with Crippen LogP contribution in [0.1, 0.15) is 28.2 Å². The van der Waals surface area contributed by atoms with Gasteiger partial charge in [-0.1, -0.05) is 54.6 Å². The van der Waals surface area contributed by atoms with Gasteiger partial charge in [-0.15, -0.1) is 0 Å². The lowest BCUT2D eigenvalue weighted by Gasteiger charge is -2.17. The second-order valence-electron chi connectivity index (χ2n) is 9.18. The summed E-state index contributed by atoms with van der Waals surface area (Å²) in [5, 5.41) is 9.84. The molecule has 5 rings (SSSR count). The Kier molecular flexibility index (Phi) is 7.04. The van der Waals surface area contributed by atoms with Crippen LogP contribution in [0.4, 0.5) is 13.2 Å². The van der Waals surface area contributed by atoms with Crippen LogP contribution in [0.25, 0.3) is 22.1 Å². The maximum Gasteiger partial charge on any atom is 0.416 e. The zero-order valence-corrected chi connectivity index (χ0v) is 20.8. The van der Waals surface area contributed by atoms with Gasteiger partial charge in [-0.3, -0.25) is 9.59 Å². The van der Waals surface area contributed by atoms with Gasteiger partial charge in [0.2, 0.25) is 5.91 Å². The summed E-state index contributed by atoms with van der Waals surface area (Å²) in [5.41, 5.74) is 6.98. The van der Waals surface area contributed by atoms with Gasteiger partial charge in [-0.2, -0.15) is 13.2 Å². The van der Waals surface area contributed by atoms with Crippen LogP contribution in [-0.2, 0) is 17.6 Å². The van der Waals surface area contributed by atoms with Gasteiger partial charge < -0.3 is 20.0 Å². The highest BCUT2D eigenvalue weighted by atomic mass is 19.4. The number of nitrogens with two attached hydrogens (primary N) is 1. The molecule has 5 aromatic rings. The van der Waals surface area contributed by atoms with E-state index < -0.39 is 23.6 Å². The number of phenolic OH excluding ortho intramolecular Hbond substituents is 1. The number of benzene rings is 4. The summed E-state index contributed by atoms with van der Waals surface area (Å²) in [6, 6.07) is 22.2. The summed E-state index contributed by atoms with van der Waals surface area (Å²) in [6.07, 6.45) is -3.21. The third-order valence-electron chi connectivity index (χ3n) is 6.45. The first-order valence-electron chi connectivity index (χ1n) is 12.1. The second-order valence-corrected chi connectivity index (χ2v) is 9.18. The molecule has 6 nitrogen and oxygen atoms in total. The first-order chi connectivity index (χ1) is 19.1. The molecule has 40 heavy (non-hydrogen) atoms. The Labute approximate surface area is 226 Å². The van der Waals surface area contributed by atoms with Crippen LogP contribution in [0.2, 0.25) is 0 Å². The van der Waals surface area contributed by atoms with Crippen molar-refractivity contribution in [2.24, 2.45) is 5.73 Å². The van der Waals surface area contributed by atoms with Crippen LogP contribution < -0.4 is 15.9 Å². The first-order valence-corrected chi connectivity index (χ1v) is 12.1. The molecule has 1 heterocycles. The highest BCUT2D eigenvalue weighted by Crippen LogP contribution is 2.33. The number of alkyl halides is 3. The Morgan fingerprint density at radius 2 is 1.62 bits per heavy atom. The molecule has 0 aliphatic rings. The molecule has 0 spiro atoms. The van der Waals surface area contributed by atoms with Crippen molar-refractivity contribution >= 4 is 16.9 Å². The molecule has 1 aromatic heterocycles. The van der Waals surface area contributed by atoms with Crippen molar-refractivity contribution < 1.29 is 32.2 Å². The number of primary amides is 1. The lowest BCUT2D eigenvalue weighted by molar-refractivity contribution is -0.137. The van der Waals surface area contributed by atoms with Crippen LogP contribution >= 0.6 is 0 Å².